The molecule has 1 saturated heterocycles. The van der Waals surface area contributed by atoms with E-state index in [1.165, 1.54) is 23.5 Å². The number of aliphatic imine (C=N–C) groups is 1. The number of carboxylic acid groups (broad SMARTS) is 1. The minimum Gasteiger partial charge on any atom is -0.481 e. The number of hydrogen-bond donors (Lipinski definition) is 2. The van der Waals surface area contributed by atoms with Gasteiger partial charge in [-0.2, -0.15) is 0 Å². The van der Waals surface area contributed by atoms with Crippen LogP contribution in [0.3, 0.4) is 0 Å². The molecule has 0 unspecified atom stereocenters. The van der Waals surface area contributed by atoms with Crippen LogP contribution in [0.1, 0.15) is 55.6 Å². The third kappa shape index (κ3) is 6.45. The van der Waals surface area contributed by atoms with Gasteiger partial charge in [0.25, 0.3) is 0 Å². The first-order chi connectivity index (χ1) is 19.3. The first-order valence-electron chi connectivity index (χ1n) is 13.5. The Morgan fingerprint density at radius 3 is 2.88 bits per heavy atom. The van der Waals surface area contributed by atoms with E-state index < -0.39 is 29.2 Å². The fourth-order valence-electron chi connectivity index (χ4n) is 5.28. The molecule has 2 atom stereocenters. The molecule has 3 aliphatic rings. The van der Waals surface area contributed by atoms with Gasteiger partial charge in [0.1, 0.15) is 11.9 Å². The van der Waals surface area contributed by atoms with Gasteiger partial charge in [-0.3, -0.25) is 14.7 Å². The zero-order chi connectivity index (χ0) is 28.3. The number of ether oxygens (including phenoxy) is 2. The summed E-state index contributed by atoms with van der Waals surface area (Å²) in [6.07, 6.45) is 5.42. The van der Waals surface area contributed by atoms with Gasteiger partial charge in [-0.1, -0.05) is 22.0 Å². The van der Waals surface area contributed by atoms with Gasteiger partial charge in [-0.25, -0.2) is 14.2 Å². The quantitative estimate of drug-likeness (QED) is 0.342. The van der Waals surface area contributed by atoms with Gasteiger partial charge in [0.2, 0.25) is 0 Å². The van der Waals surface area contributed by atoms with Crippen LogP contribution in [0.4, 0.5) is 4.39 Å². The van der Waals surface area contributed by atoms with Crippen molar-refractivity contribution in [2.75, 3.05) is 32.8 Å². The summed E-state index contributed by atoms with van der Waals surface area (Å²) in [5.41, 5.74) is 1.14. The second-order valence-corrected chi connectivity index (χ2v) is 12.1. The Labute approximate surface area is 244 Å². The lowest BCUT2D eigenvalue weighted by molar-refractivity contribution is -0.144. The van der Waals surface area contributed by atoms with E-state index in [1.54, 1.807) is 19.2 Å². The number of thiazole rings is 1. The number of nitrogens with zero attached hydrogens (tertiary/aromatic N) is 3. The van der Waals surface area contributed by atoms with E-state index in [0.717, 1.165) is 25.7 Å². The van der Waals surface area contributed by atoms with Crippen molar-refractivity contribution in [2.45, 2.75) is 51.2 Å². The average Bonchev–Trinajstić information content (AvgIpc) is 3.51. The molecule has 0 radical (unpaired) electrons. The highest BCUT2D eigenvalue weighted by atomic mass is 79.9. The second-order valence-electron chi connectivity index (χ2n) is 10.3. The van der Waals surface area contributed by atoms with Crippen LogP contribution in [0.15, 0.2) is 50.5 Å². The average molecular weight is 636 g/mol. The molecule has 1 aromatic heterocycles. The first kappa shape index (κ1) is 28.8. The molecule has 214 valence electrons. The van der Waals surface area contributed by atoms with Crippen molar-refractivity contribution in [1.82, 2.24) is 15.2 Å². The number of amidine groups is 1. The third-order valence-electron chi connectivity index (χ3n) is 7.61. The molecule has 3 heterocycles. The van der Waals surface area contributed by atoms with Crippen LogP contribution < -0.4 is 5.32 Å². The topological polar surface area (TPSA) is 113 Å². The molecule has 1 saturated carbocycles. The number of esters is 1. The molecule has 9 nitrogen and oxygen atoms in total. The van der Waals surface area contributed by atoms with Gasteiger partial charge in [0.05, 0.1) is 30.3 Å². The van der Waals surface area contributed by atoms with Crippen molar-refractivity contribution in [2.24, 2.45) is 10.4 Å². The molecule has 2 aromatic rings. The van der Waals surface area contributed by atoms with E-state index in [4.69, 9.17) is 14.5 Å². The molecule has 0 amide bonds. The number of carboxylic acids is 1. The third-order valence-corrected chi connectivity index (χ3v) is 9.07. The minimum absolute atomic E-state index is 0.0253. The lowest BCUT2D eigenvalue weighted by Crippen LogP contribution is -2.46. The Bertz CT molecular complexity index is 1310. The van der Waals surface area contributed by atoms with Crippen molar-refractivity contribution in [3.8, 4) is 0 Å². The summed E-state index contributed by atoms with van der Waals surface area (Å²) in [5.74, 6) is -1.04. The molecular weight excluding hydrogens is 603 g/mol. The Morgan fingerprint density at radius 2 is 2.20 bits per heavy atom. The van der Waals surface area contributed by atoms with Crippen LogP contribution in [0.2, 0.25) is 0 Å². The molecule has 2 aliphatic heterocycles. The molecule has 2 N–H and O–H groups in total. The van der Waals surface area contributed by atoms with Crippen molar-refractivity contribution in [3.63, 3.8) is 0 Å². The van der Waals surface area contributed by atoms with Crippen molar-refractivity contribution < 1.29 is 28.6 Å². The van der Waals surface area contributed by atoms with Gasteiger partial charge in [0.15, 0.2) is 10.8 Å². The molecule has 12 heteroatoms. The van der Waals surface area contributed by atoms with E-state index in [0.29, 0.717) is 64.8 Å². The SMILES string of the molecule is CCOC(=O)C1=C(CN2CCO[C@H](CCCC3(C(=O)O)CC3)C2)NC(c2nccs2)=N[C@H]1c1ccc(F)cc1Br. The van der Waals surface area contributed by atoms with E-state index in [2.05, 4.69) is 31.1 Å². The summed E-state index contributed by atoms with van der Waals surface area (Å²) in [7, 11) is 0. The van der Waals surface area contributed by atoms with Crippen molar-refractivity contribution >= 4 is 45.0 Å². The van der Waals surface area contributed by atoms with Gasteiger partial charge >= 0.3 is 11.9 Å². The fourth-order valence-corrected chi connectivity index (χ4v) is 6.43. The highest BCUT2D eigenvalue weighted by Gasteiger charge is 2.49. The van der Waals surface area contributed by atoms with Gasteiger partial charge in [-0.15, -0.1) is 11.3 Å². The fraction of sp³-hybridized carbons (Fsp3) is 0.500. The maximum atomic E-state index is 14.0. The largest absolute Gasteiger partial charge is 0.481 e. The predicted octanol–water partition coefficient (Wildman–Crippen LogP) is 4.69. The maximum Gasteiger partial charge on any atom is 0.338 e. The maximum absolute atomic E-state index is 14.0. The molecule has 40 heavy (non-hydrogen) atoms. The summed E-state index contributed by atoms with van der Waals surface area (Å²) in [5, 5.41) is 15.4. The van der Waals surface area contributed by atoms with E-state index in [-0.39, 0.29) is 12.7 Å². The molecule has 1 aromatic carbocycles. The van der Waals surface area contributed by atoms with E-state index in [1.807, 2.05) is 5.38 Å². The number of aliphatic carboxylic acids is 1. The number of nitrogens with one attached hydrogen (secondary N) is 1. The van der Waals surface area contributed by atoms with Crippen LogP contribution in [0, 0.1) is 11.2 Å². The second kappa shape index (κ2) is 12.5. The van der Waals surface area contributed by atoms with Crippen molar-refractivity contribution in [1.29, 1.82) is 0 Å². The number of aromatic nitrogens is 1. The van der Waals surface area contributed by atoms with Crippen LogP contribution >= 0.6 is 27.3 Å². The summed E-state index contributed by atoms with van der Waals surface area (Å²) < 4.78 is 26.0. The zero-order valence-corrected chi connectivity index (χ0v) is 24.6. The summed E-state index contributed by atoms with van der Waals surface area (Å²) in [6.45, 7) is 4.24. The summed E-state index contributed by atoms with van der Waals surface area (Å²) in [6, 6.07) is 3.61. The van der Waals surface area contributed by atoms with E-state index >= 15 is 0 Å². The zero-order valence-electron chi connectivity index (χ0n) is 22.2. The van der Waals surface area contributed by atoms with Crippen LogP contribution in [-0.2, 0) is 19.1 Å². The summed E-state index contributed by atoms with van der Waals surface area (Å²) >= 11 is 4.89. The number of rotatable bonds is 11. The standard InChI is InChI=1S/C28H32BrFN4O5S/c1-2-38-26(35)22-21(16-34-11-12-39-18(15-34)4-3-7-28(8-9-28)27(36)37)32-24(25-31-10-13-40-25)33-23(22)19-6-5-17(30)14-20(19)29/h5-6,10,13-14,18,23H,2-4,7-9,11-12,15-16H2,1H3,(H,32,33)(H,36,37)/t18-,23+/m1/s1. The number of morpholine rings is 1. The molecule has 0 bridgehead atoms. The van der Waals surface area contributed by atoms with Crippen LogP contribution in [0.25, 0.3) is 0 Å². The predicted molar refractivity (Wildman–Crippen MR) is 152 cm³/mol. The highest BCUT2D eigenvalue weighted by molar-refractivity contribution is 9.10. The monoisotopic (exact) mass is 634 g/mol. The van der Waals surface area contributed by atoms with Gasteiger partial charge in [0, 0.05) is 41.4 Å². The Morgan fingerprint density at radius 1 is 1.38 bits per heavy atom. The Balaban J connectivity index is 1.40. The van der Waals surface area contributed by atoms with Crippen LogP contribution in [0.5, 0.6) is 0 Å². The molecule has 1 aliphatic carbocycles. The van der Waals surface area contributed by atoms with Gasteiger partial charge < -0.3 is 19.9 Å². The Kier molecular flexibility index (Phi) is 8.98. The lowest BCUT2D eigenvalue weighted by Gasteiger charge is -2.35. The number of carbonyl (C=O) groups excluding carboxylic acids is 1. The molecular formula is C28H32BrFN4O5S. The lowest BCUT2D eigenvalue weighted by atomic mass is 9.95. The van der Waals surface area contributed by atoms with Crippen LogP contribution in [-0.4, -0.2) is 71.7 Å². The summed E-state index contributed by atoms with van der Waals surface area (Å²) in [4.78, 5) is 36.4. The van der Waals surface area contributed by atoms with Crippen molar-refractivity contribution in [3.05, 3.63) is 61.9 Å². The molecule has 2 fully saturated rings. The number of carbonyl (C=O) groups is 2. The highest BCUT2D eigenvalue weighted by Crippen LogP contribution is 2.50. The number of hydrogen-bond acceptors (Lipinski definition) is 9. The molecule has 0 spiro atoms. The smallest absolute Gasteiger partial charge is 0.338 e. The van der Waals surface area contributed by atoms with Gasteiger partial charge in [-0.05, 0) is 56.7 Å². The number of benzene rings is 1. The van der Waals surface area contributed by atoms with E-state index in [9.17, 15) is 19.1 Å². The first-order valence-corrected chi connectivity index (χ1v) is 15.1. The minimum atomic E-state index is -0.730. The number of halogens is 2. The normalized spacial score (nSPS) is 22.4. The Hall–Kier alpha value is -2.67. The molecule has 5 rings (SSSR count).